The lowest BCUT2D eigenvalue weighted by molar-refractivity contribution is -0.137. The van der Waals surface area contributed by atoms with E-state index in [1.807, 2.05) is 20.8 Å². The second-order valence-electron chi connectivity index (χ2n) is 9.78. The Balaban J connectivity index is 1.73. The molecule has 3 aromatic rings. The number of rotatable bonds is 1. The van der Waals surface area contributed by atoms with Crippen LogP contribution in [0.2, 0.25) is 0 Å². The highest BCUT2D eigenvalue weighted by Crippen LogP contribution is 2.55. The lowest BCUT2D eigenvalue weighted by Gasteiger charge is -2.55. The average Bonchev–Trinajstić information content (AvgIpc) is 2.74. The van der Waals surface area contributed by atoms with Crippen molar-refractivity contribution in [1.29, 1.82) is 0 Å². The molecule has 2 aliphatic rings. The molecule has 2 aromatic carbocycles. The third-order valence-electron chi connectivity index (χ3n) is 7.47. The Bertz CT molecular complexity index is 1290. The normalized spacial score (nSPS) is 26.2. The predicted molar refractivity (Wildman–Crippen MR) is 118 cm³/mol. The number of ether oxygens (including phenoxy) is 1. The first-order valence-corrected chi connectivity index (χ1v) is 10.7. The summed E-state index contributed by atoms with van der Waals surface area (Å²) in [7, 11) is 0. The molecule has 7 heteroatoms. The molecule has 0 bridgehead atoms. The third-order valence-corrected chi connectivity index (χ3v) is 7.47. The Labute approximate surface area is 184 Å². The summed E-state index contributed by atoms with van der Waals surface area (Å²) in [5, 5.41) is 41.7. The maximum absolute atomic E-state index is 13.3. The van der Waals surface area contributed by atoms with E-state index in [1.54, 1.807) is 0 Å². The summed E-state index contributed by atoms with van der Waals surface area (Å²) in [5.41, 5.74) is -0.749. The molecule has 32 heavy (non-hydrogen) atoms. The van der Waals surface area contributed by atoms with E-state index >= 15 is 0 Å². The van der Waals surface area contributed by atoms with Crippen LogP contribution < -0.4 is 10.2 Å². The Hall–Kier alpha value is -3.19. The van der Waals surface area contributed by atoms with Crippen LogP contribution in [0.25, 0.3) is 22.3 Å². The zero-order valence-corrected chi connectivity index (χ0v) is 18.2. The van der Waals surface area contributed by atoms with Crippen molar-refractivity contribution >= 4 is 11.0 Å². The van der Waals surface area contributed by atoms with Gasteiger partial charge in [-0.1, -0.05) is 13.8 Å². The molecule has 1 aliphatic heterocycles. The molecular formula is C25H26O7. The Kier molecular flexibility index (Phi) is 4.30. The van der Waals surface area contributed by atoms with Gasteiger partial charge < -0.3 is 29.6 Å². The van der Waals surface area contributed by atoms with Crippen molar-refractivity contribution in [2.45, 2.75) is 51.7 Å². The second-order valence-corrected chi connectivity index (χ2v) is 9.78. The van der Waals surface area contributed by atoms with E-state index in [9.17, 15) is 25.2 Å². The molecule has 1 aliphatic carbocycles. The van der Waals surface area contributed by atoms with Crippen LogP contribution in [0.1, 0.15) is 39.2 Å². The summed E-state index contributed by atoms with van der Waals surface area (Å²) in [6, 6.07) is 7.26. The average molecular weight is 438 g/mol. The van der Waals surface area contributed by atoms with Gasteiger partial charge in [0.05, 0.1) is 6.10 Å². The number of fused-ring (bicyclic) bond motifs is 4. The van der Waals surface area contributed by atoms with Gasteiger partial charge >= 0.3 is 0 Å². The van der Waals surface area contributed by atoms with E-state index in [4.69, 9.17) is 9.15 Å². The predicted octanol–water partition coefficient (Wildman–Crippen LogP) is 4.07. The highest BCUT2D eigenvalue weighted by atomic mass is 16.5. The highest BCUT2D eigenvalue weighted by Gasteiger charge is 2.55. The Morgan fingerprint density at radius 2 is 1.75 bits per heavy atom. The van der Waals surface area contributed by atoms with Gasteiger partial charge in [0, 0.05) is 23.1 Å². The van der Waals surface area contributed by atoms with Crippen molar-refractivity contribution in [3.05, 3.63) is 46.1 Å². The van der Waals surface area contributed by atoms with Crippen LogP contribution in [-0.4, -0.2) is 32.1 Å². The Morgan fingerprint density at radius 3 is 2.44 bits per heavy atom. The van der Waals surface area contributed by atoms with E-state index in [-0.39, 0.29) is 39.9 Å². The van der Waals surface area contributed by atoms with Gasteiger partial charge in [-0.05, 0) is 55.9 Å². The summed E-state index contributed by atoms with van der Waals surface area (Å²) in [6.07, 6.45) is 1.10. The van der Waals surface area contributed by atoms with Crippen molar-refractivity contribution in [3.8, 4) is 34.3 Å². The lowest BCUT2D eigenvalue weighted by atomic mass is 9.57. The van der Waals surface area contributed by atoms with Gasteiger partial charge in [0.25, 0.3) is 0 Å². The molecular weight excluding hydrogens is 412 g/mol. The smallest absolute Gasteiger partial charge is 0.238 e. The van der Waals surface area contributed by atoms with Gasteiger partial charge in [-0.2, -0.15) is 0 Å². The van der Waals surface area contributed by atoms with Gasteiger partial charge in [-0.15, -0.1) is 0 Å². The fraction of sp³-hybridized carbons (Fsp3) is 0.400. The number of benzene rings is 2. The first-order chi connectivity index (χ1) is 15.0. The molecule has 7 nitrogen and oxygen atoms in total. The van der Waals surface area contributed by atoms with E-state index in [0.29, 0.717) is 30.4 Å². The molecule has 0 saturated heterocycles. The molecule has 2 heterocycles. The summed E-state index contributed by atoms with van der Waals surface area (Å²) in [4.78, 5) is 13.3. The molecule has 1 fully saturated rings. The molecule has 1 saturated carbocycles. The molecule has 4 N–H and O–H groups in total. The van der Waals surface area contributed by atoms with E-state index in [2.05, 4.69) is 0 Å². The summed E-state index contributed by atoms with van der Waals surface area (Å²) < 4.78 is 12.3. The zero-order chi connectivity index (χ0) is 23.0. The van der Waals surface area contributed by atoms with Crippen molar-refractivity contribution in [2.24, 2.45) is 11.3 Å². The fourth-order valence-corrected chi connectivity index (χ4v) is 5.48. The van der Waals surface area contributed by atoms with E-state index < -0.39 is 28.3 Å². The SMILES string of the molecule is CC1(C)[C@@H](O)CC[C@]2(C)Oc3c(c(O)cc4oc(-c5ccc(O)cc5)c(O)c(=O)c34)C[C@@H]12. The minimum atomic E-state index is -0.650. The molecule has 1 aromatic heterocycles. The van der Waals surface area contributed by atoms with Crippen molar-refractivity contribution in [1.82, 2.24) is 0 Å². The number of phenolic OH excluding ortho intramolecular Hbond substituents is 2. The van der Waals surface area contributed by atoms with Gasteiger partial charge in [0.1, 0.15) is 33.8 Å². The highest BCUT2D eigenvalue weighted by molar-refractivity contribution is 5.90. The standard InChI is InChI=1S/C25H26O7/c1-24(2)17-10-14-15(27)11-16-19(23(14)32-25(17,3)9-8-18(24)28)20(29)21(30)22(31-16)12-4-6-13(26)7-5-12/h4-7,11,17-18,26-28,30H,8-10H2,1-3H3/t17-,18-,25-/m0/s1. The molecule has 0 unspecified atom stereocenters. The van der Waals surface area contributed by atoms with Gasteiger partial charge in [-0.3, -0.25) is 4.79 Å². The van der Waals surface area contributed by atoms with Crippen molar-refractivity contribution in [2.75, 3.05) is 0 Å². The number of phenols is 2. The van der Waals surface area contributed by atoms with Crippen LogP contribution in [0.15, 0.2) is 39.5 Å². The first kappa shape index (κ1) is 20.7. The maximum atomic E-state index is 13.3. The maximum Gasteiger partial charge on any atom is 0.238 e. The molecule has 5 rings (SSSR count). The van der Waals surface area contributed by atoms with E-state index in [0.717, 1.165) is 0 Å². The van der Waals surface area contributed by atoms with Crippen LogP contribution >= 0.6 is 0 Å². The van der Waals surface area contributed by atoms with Crippen LogP contribution in [-0.2, 0) is 6.42 Å². The number of hydrogen-bond donors (Lipinski definition) is 4. The molecule has 0 spiro atoms. The third kappa shape index (κ3) is 2.80. The molecule has 0 amide bonds. The minimum Gasteiger partial charge on any atom is -0.508 e. The quantitative estimate of drug-likeness (QED) is 0.452. The van der Waals surface area contributed by atoms with E-state index in [1.165, 1.54) is 30.3 Å². The molecule has 3 atom stereocenters. The number of aromatic hydroxyl groups is 3. The van der Waals surface area contributed by atoms with Crippen molar-refractivity contribution < 1.29 is 29.6 Å². The number of aliphatic hydroxyl groups excluding tert-OH is 1. The lowest BCUT2D eigenvalue weighted by Crippen LogP contribution is -2.58. The summed E-state index contributed by atoms with van der Waals surface area (Å²) >= 11 is 0. The molecule has 0 radical (unpaired) electrons. The first-order valence-electron chi connectivity index (χ1n) is 10.7. The summed E-state index contributed by atoms with van der Waals surface area (Å²) in [6.45, 7) is 5.96. The fourth-order valence-electron chi connectivity index (χ4n) is 5.48. The largest absolute Gasteiger partial charge is 0.508 e. The van der Waals surface area contributed by atoms with Crippen LogP contribution in [0.3, 0.4) is 0 Å². The zero-order valence-electron chi connectivity index (χ0n) is 18.2. The topological polar surface area (TPSA) is 120 Å². The summed E-state index contributed by atoms with van der Waals surface area (Å²) in [5.74, 6) is -0.482. The van der Waals surface area contributed by atoms with Crippen molar-refractivity contribution in [3.63, 3.8) is 0 Å². The minimum absolute atomic E-state index is 0.0415. The Morgan fingerprint density at radius 1 is 1.06 bits per heavy atom. The van der Waals surface area contributed by atoms with Crippen LogP contribution in [0.4, 0.5) is 0 Å². The second kappa shape index (κ2) is 6.65. The number of hydrogen-bond acceptors (Lipinski definition) is 7. The number of aliphatic hydroxyl groups is 1. The van der Waals surface area contributed by atoms with Gasteiger partial charge in [0.2, 0.25) is 11.2 Å². The monoisotopic (exact) mass is 438 g/mol. The van der Waals surface area contributed by atoms with Gasteiger partial charge in [-0.25, -0.2) is 0 Å². The molecule has 168 valence electrons. The van der Waals surface area contributed by atoms with Gasteiger partial charge in [0.15, 0.2) is 5.76 Å². The van der Waals surface area contributed by atoms with Crippen LogP contribution in [0, 0.1) is 11.3 Å². The van der Waals surface area contributed by atoms with Crippen LogP contribution in [0.5, 0.6) is 23.0 Å².